The third-order valence-electron chi connectivity index (χ3n) is 7.53. The highest BCUT2D eigenvalue weighted by Crippen LogP contribution is 2.33. The number of hydrogen-bond donors (Lipinski definition) is 1. The molecule has 0 bridgehead atoms. The topological polar surface area (TPSA) is 67.2 Å². The Morgan fingerprint density at radius 2 is 1.69 bits per heavy atom. The fraction of sp³-hybridized carbons (Fsp3) is 0.344. The Balaban J connectivity index is 1.23. The highest BCUT2D eigenvalue weighted by Gasteiger charge is 2.22. The van der Waals surface area contributed by atoms with Crippen LogP contribution in [0.2, 0.25) is 0 Å². The largest absolute Gasteiger partial charge is 0.495 e. The van der Waals surface area contributed by atoms with Crippen molar-refractivity contribution in [1.82, 2.24) is 9.47 Å². The van der Waals surface area contributed by atoms with Crippen LogP contribution in [0.3, 0.4) is 0 Å². The lowest BCUT2D eigenvalue weighted by Gasteiger charge is -2.37. The highest BCUT2D eigenvalue weighted by atomic mass is 16.5. The minimum Gasteiger partial charge on any atom is -0.495 e. The van der Waals surface area contributed by atoms with E-state index in [9.17, 15) is 9.90 Å². The minimum atomic E-state index is -0.621. The van der Waals surface area contributed by atoms with Crippen LogP contribution in [0, 0.1) is 13.8 Å². The maximum absolute atomic E-state index is 12.6. The van der Waals surface area contributed by atoms with Crippen molar-refractivity contribution >= 4 is 22.4 Å². The van der Waals surface area contributed by atoms with E-state index in [1.54, 1.807) is 14.0 Å². The SMILES string of the molecule is COc1ccccc1N1CCN(C[C@H](O)COc2ccc3c(c2)c(C(C)=O)c(C)n3-c2ccc(C)cc2)CC1. The first-order valence-electron chi connectivity index (χ1n) is 13.5. The Bertz CT molecular complexity index is 1450. The highest BCUT2D eigenvalue weighted by molar-refractivity contribution is 6.09. The van der Waals surface area contributed by atoms with E-state index in [1.165, 1.54) is 5.56 Å². The summed E-state index contributed by atoms with van der Waals surface area (Å²) in [6.45, 7) is 9.83. The Morgan fingerprint density at radius 1 is 0.974 bits per heavy atom. The molecule has 7 nitrogen and oxygen atoms in total. The molecule has 204 valence electrons. The summed E-state index contributed by atoms with van der Waals surface area (Å²) in [5, 5.41) is 11.6. The Kier molecular flexibility index (Phi) is 7.91. The van der Waals surface area contributed by atoms with Gasteiger partial charge in [-0.2, -0.15) is 0 Å². The van der Waals surface area contributed by atoms with Gasteiger partial charge in [0.05, 0.1) is 18.3 Å². The number of methoxy groups -OCH3 is 1. The number of carbonyl (C=O) groups is 1. The number of ether oxygens (including phenoxy) is 2. The molecule has 0 aliphatic carbocycles. The van der Waals surface area contributed by atoms with Crippen LogP contribution < -0.4 is 14.4 Å². The molecule has 2 heterocycles. The monoisotopic (exact) mass is 527 g/mol. The van der Waals surface area contributed by atoms with Crippen LogP contribution in [0.15, 0.2) is 66.7 Å². The molecular formula is C32H37N3O4. The van der Waals surface area contributed by atoms with Gasteiger partial charge in [0.2, 0.25) is 0 Å². The number of piperazine rings is 1. The molecule has 3 aromatic carbocycles. The van der Waals surface area contributed by atoms with Crippen molar-refractivity contribution in [3.8, 4) is 17.2 Å². The van der Waals surface area contributed by atoms with Crippen LogP contribution in [-0.2, 0) is 0 Å². The van der Waals surface area contributed by atoms with E-state index in [0.717, 1.165) is 59.9 Å². The number of rotatable bonds is 9. The first-order chi connectivity index (χ1) is 18.9. The fourth-order valence-electron chi connectivity index (χ4n) is 5.56. The van der Waals surface area contributed by atoms with E-state index in [2.05, 4.69) is 51.6 Å². The van der Waals surface area contributed by atoms with Gasteiger partial charge in [-0.1, -0.05) is 29.8 Å². The second-order valence-electron chi connectivity index (χ2n) is 10.3. The number of aromatic nitrogens is 1. The average molecular weight is 528 g/mol. The van der Waals surface area contributed by atoms with Crippen molar-refractivity contribution in [1.29, 1.82) is 0 Å². The lowest BCUT2D eigenvalue weighted by Crippen LogP contribution is -2.49. The Labute approximate surface area is 230 Å². The van der Waals surface area contributed by atoms with E-state index in [4.69, 9.17) is 9.47 Å². The Morgan fingerprint density at radius 3 is 2.38 bits per heavy atom. The lowest BCUT2D eigenvalue weighted by atomic mass is 10.1. The molecule has 1 atom stereocenters. The number of aliphatic hydroxyl groups excluding tert-OH is 1. The van der Waals surface area contributed by atoms with E-state index < -0.39 is 6.10 Å². The molecule has 7 heteroatoms. The zero-order chi connectivity index (χ0) is 27.5. The van der Waals surface area contributed by atoms with Gasteiger partial charge in [-0.15, -0.1) is 0 Å². The normalized spacial score (nSPS) is 14.9. The molecule has 39 heavy (non-hydrogen) atoms. The molecule has 1 N–H and O–H groups in total. The number of anilines is 1. The number of aryl methyl sites for hydroxylation is 1. The lowest BCUT2D eigenvalue weighted by molar-refractivity contribution is 0.0663. The third-order valence-corrected chi connectivity index (χ3v) is 7.53. The quantitative estimate of drug-likeness (QED) is 0.308. The van der Waals surface area contributed by atoms with Crippen molar-refractivity contribution in [3.63, 3.8) is 0 Å². The van der Waals surface area contributed by atoms with Crippen LogP contribution in [-0.4, -0.2) is 72.9 Å². The molecule has 0 saturated carbocycles. The van der Waals surface area contributed by atoms with Crippen LogP contribution >= 0.6 is 0 Å². The smallest absolute Gasteiger partial charge is 0.162 e. The predicted molar refractivity (Wildman–Crippen MR) is 156 cm³/mol. The van der Waals surface area contributed by atoms with Gasteiger partial charge >= 0.3 is 0 Å². The van der Waals surface area contributed by atoms with Gasteiger partial charge in [-0.25, -0.2) is 0 Å². The van der Waals surface area contributed by atoms with Gasteiger partial charge in [-0.05, 0) is 63.2 Å². The molecule has 1 aromatic heterocycles. The van der Waals surface area contributed by atoms with Crippen LogP contribution in [0.25, 0.3) is 16.6 Å². The Hall–Kier alpha value is -3.81. The zero-order valence-electron chi connectivity index (χ0n) is 23.2. The van der Waals surface area contributed by atoms with Crippen molar-refractivity contribution in [3.05, 3.63) is 83.6 Å². The number of benzene rings is 3. The average Bonchev–Trinajstić information content (AvgIpc) is 3.24. The van der Waals surface area contributed by atoms with E-state index in [0.29, 0.717) is 17.9 Å². The molecule has 1 saturated heterocycles. The molecule has 1 aliphatic rings. The number of aliphatic hydroxyl groups is 1. The number of ketones is 1. The van der Waals surface area contributed by atoms with Crippen molar-refractivity contribution in [2.24, 2.45) is 0 Å². The van der Waals surface area contributed by atoms with Crippen LogP contribution in [0.5, 0.6) is 11.5 Å². The maximum atomic E-state index is 12.6. The standard InChI is InChI=1S/C32H37N3O4/c1-22-9-11-25(12-10-22)35-23(2)32(24(3)36)28-19-27(13-14-29(28)35)39-21-26(37)20-33-15-17-34(18-16-33)30-7-5-6-8-31(30)38-4/h5-14,19,26,37H,15-18,20-21H2,1-4H3/t26-/m0/s1. The summed E-state index contributed by atoms with van der Waals surface area (Å²) in [5.74, 6) is 1.55. The minimum absolute atomic E-state index is 0.0211. The van der Waals surface area contributed by atoms with Crippen molar-refractivity contribution in [2.75, 3.05) is 51.3 Å². The molecule has 0 spiro atoms. The molecule has 1 fully saturated rings. The second-order valence-corrected chi connectivity index (χ2v) is 10.3. The van der Waals surface area contributed by atoms with E-state index in [-0.39, 0.29) is 12.4 Å². The summed E-state index contributed by atoms with van der Waals surface area (Å²) in [4.78, 5) is 17.2. The van der Waals surface area contributed by atoms with Gasteiger partial charge in [0.1, 0.15) is 24.2 Å². The van der Waals surface area contributed by atoms with Gasteiger partial charge < -0.3 is 24.0 Å². The van der Waals surface area contributed by atoms with Gasteiger partial charge in [0.25, 0.3) is 0 Å². The van der Waals surface area contributed by atoms with Crippen molar-refractivity contribution < 1.29 is 19.4 Å². The molecular weight excluding hydrogens is 490 g/mol. The van der Waals surface area contributed by atoms with E-state index >= 15 is 0 Å². The third kappa shape index (κ3) is 5.65. The first-order valence-corrected chi connectivity index (χ1v) is 13.5. The summed E-state index contributed by atoms with van der Waals surface area (Å²) in [7, 11) is 1.70. The number of β-amino-alcohol motifs (C(OH)–C–C–N with tert-alkyl or cyclic N) is 1. The van der Waals surface area contributed by atoms with E-state index in [1.807, 2.05) is 43.3 Å². The molecule has 1 aliphatic heterocycles. The number of carbonyl (C=O) groups excluding carboxylic acids is 1. The van der Waals surface area contributed by atoms with Crippen LogP contribution in [0.4, 0.5) is 5.69 Å². The number of fused-ring (bicyclic) bond motifs is 1. The molecule has 4 aromatic rings. The number of Topliss-reactive ketones (excluding diaryl/α,β-unsaturated/α-hetero) is 1. The zero-order valence-corrected chi connectivity index (χ0v) is 23.2. The predicted octanol–water partition coefficient (Wildman–Crippen LogP) is 5.02. The number of hydrogen-bond acceptors (Lipinski definition) is 6. The second kappa shape index (κ2) is 11.5. The summed E-state index contributed by atoms with van der Waals surface area (Å²) in [6.07, 6.45) is -0.621. The van der Waals surface area contributed by atoms with Gasteiger partial charge in [0.15, 0.2) is 5.78 Å². The summed E-state index contributed by atoms with van der Waals surface area (Å²) >= 11 is 0. The first kappa shape index (κ1) is 26.8. The fourth-order valence-corrected chi connectivity index (χ4v) is 5.56. The number of para-hydroxylation sites is 2. The van der Waals surface area contributed by atoms with Gasteiger partial charge in [0, 0.05) is 55.1 Å². The maximum Gasteiger partial charge on any atom is 0.162 e. The van der Waals surface area contributed by atoms with Crippen molar-refractivity contribution in [2.45, 2.75) is 26.9 Å². The summed E-state index contributed by atoms with van der Waals surface area (Å²) in [6, 6.07) is 22.2. The molecule has 0 unspecified atom stereocenters. The summed E-state index contributed by atoms with van der Waals surface area (Å²) < 4.78 is 13.7. The molecule has 0 radical (unpaired) electrons. The van der Waals surface area contributed by atoms with Crippen LogP contribution in [0.1, 0.15) is 28.5 Å². The molecule has 0 amide bonds. The van der Waals surface area contributed by atoms with Gasteiger partial charge in [-0.3, -0.25) is 9.69 Å². The summed E-state index contributed by atoms with van der Waals surface area (Å²) in [5.41, 5.74) is 5.88. The number of nitrogens with zero attached hydrogens (tertiary/aromatic N) is 3. The molecule has 5 rings (SSSR count).